The minimum Gasteiger partial charge on any atom is -0.382 e. The molecule has 1 aliphatic rings. The summed E-state index contributed by atoms with van der Waals surface area (Å²) in [5.41, 5.74) is 9.77. The molecule has 6 rings (SSSR count). The molecule has 0 spiro atoms. The van der Waals surface area contributed by atoms with E-state index in [1.165, 1.54) is 12.1 Å². The number of carbonyl (C=O) groups excluding carboxylic acids is 2. The lowest BCUT2D eigenvalue weighted by Crippen LogP contribution is -2.33. The lowest BCUT2D eigenvalue weighted by Gasteiger charge is -2.27. The molecule has 2 aromatic heterocycles. The molecule has 4 N–H and O–H groups in total. The minimum absolute atomic E-state index is 0.00182. The second-order valence-corrected chi connectivity index (χ2v) is 10.5. The zero-order valence-corrected chi connectivity index (χ0v) is 23.9. The molecule has 0 saturated heterocycles. The lowest BCUT2D eigenvalue weighted by molar-refractivity contribution is -0.137. The summed E-state index contributed by atoms with van der Waals surface area (Å²) >= 11 is 0. The standard InChI is InChI=1S/C32H28F3N7O2/c1-18-38-28(29-30(36)37-16-27(42(18)29)20-7-6-14-41(17-20)19(2)43)25-12-13-26(24-11-4-3-10-23(24)25)40-31(44)39-22-9-5-8-21(15-22)32(33,34)35/h3-5,7-13,15-16H,6,14,17H2,1-2H3,(H2,36,37)(H2,39,40,44). The maximum absolute atomic E-state index is 13.1. The number of nitrogens with zero attached hydrogens (tertiary/aromatic N) is 4. The average Bonchev–Trinajstić information content (AvgIpc) is 3.35. The van der Waals surface area contributed by atoms with E-state index in [0.717, 1.165) is 40.8 Å². The van der Waals surface area contributed by atoms with Crippen molar-refractivity contribution in [2.45, 2.75) is 26.4 Å². The van der Waals surface area contributed by atoms with Crippen LogP contribution in [0.2, 0.25) is 0 Å². The van der Waals surface area contributed by atoms with Crippen molar-refractivity contribution in [3.8, 4) is 11.3 Å². The quantitative estimate of drug-likeness (QED) is 0.212. The topological polar surface area (TPSA) is 118 Å². The van der Waals surface area contributed by atoms with E-state index >= 15 is 0 Å². The van der Waals surface area contributed by atoms with Crippen LogP contribution in [0, 0.1) is 6.92 Å². The highest BCUT2D eigenvalue weighted by Crippen LogP contribution is 2.38. The highest BCUT2D eigenvalue weighted by atomic mass is 19.4. The van der Waals surface area contributed by atoms with Crippen LogP contribution in [-0.4, -0.2) is 44.3 Å². The van der Waals surface area contributed by atoms with Crippen LogP contribution in [0.3, 0.4) is 0 Å². The summed E-state index contributed by atoms with van der Waals surface area (Å²) in [4.78, 5) is 36.1. The Bertz CT molecular complexity index is 1980. The number of fused-ring (bicyclic) bond motifs is 2. The molecule has 44 heavy (non-hydrogen) atoms. The normalized spacial score (nSPS) is 13.7. The first kappa shape index (κ1) is 28.7. The number of anilines is 3. The monoisotopic (exact) mass is 599 g/mol. The van der Waals surface area contributed by atoms with E-state index in [-0.39, 0.29) is 17.4 Å². The molecule has 0 unspecified atom stereocenters. The van der Waals surface area contributed by atoms with Gasteiger partial charge in [-0.1, -0.05) is 42.5 Å². The Kier molecular flexibility index (Phi) is 7.20. The number of imidazole rings is 1. The van der Waals surface area contributed by atoms with Gasteiger partial charge in [-0.3, -0.25) is 9.20 Å². The second-order valence-electron chi connectivity index (χ2n) is 10.5. The van der Waals surface area contributed by atoms with Crippen molar-refractivity contribution in [3.05, 3.63) is 90.0 Å². The Morgan fingerprint density at radius 1 is 1.00 bits per heavy atom. The van der Waals surface area contributed by atoms with E-state index in [4.69, 9.17) is 10.7 Å². The molecule has 3 amide bonds. The average molecular weight is 600 g/mol. The Labute approximate surface area is 250 Å². The fourth-order valence-corrected chi connectivity index (χ4v) is 5.60. The van der Waals surface area contributed by atoms with Gasteiger partial charge < -0.3 is 21.3 Å². The smallest absolute Gasteiger partial charge is 0.382 e. The highest BCUT2D eigenvalue weighted by molar-refractivity contribution is 6.11. The Morgan fingerprint density at radius 3 is 2.52 bits per heavy atom. The maximum Gasteiger partial charge on any atom is 0.416 e. The molecule has 0 atom stereocenters. The molecule has 224 valence electrons. The minimum atomic E-state index is -4.53. The molecule has 1 aliphatic heterocycles. The number of alkyl halides is 3. The Hall–Kier alpha value is -5.39. The Morgan fingerprint density at radius 2 is 1.77 bits per heavy atom. The van der Waals surface area contributed by atoms with E-state index < -0.39 is 17.8 Å². The fraction of sp³-hybridized carbons (Fsp3) is 0.188. The van der Waals surface area contributed by atoms with Crippen molar-refractivity contribution in [1.29, 1.82) is 0 Å². The van der Waals surface area contributed by atoms with E-state index in [0.29, 0.717) is 41.2 Å². The van der Waals surface area contributed by atoms with Gasteiger partial charge in [-0.15, -0.1) is 0 Å². The third-order valence-electron chi connectivity index (χ3n) is 7.66. The van der Waals surface area contributed by atoms with Gasteiger partial charge in [-0.05, 0) is 48.6 Å². The first-order chi connectivity index (χ1) is 21.0. The molecule has 0 saturated carbocycles. The second kappa shape index (κ2) is 11.0. The van der Waals surface area contributed by atoms with Gasteiger partial charge in [-0.25, -0.2) is 14.8 Å². The number of urea groups is 1. The van der Waals surface area contributed by atoms with Gasteiger partial charge in [0.05, 0.1) is 23.1 Å². The molecule has 0 bridgehead atoms. The van der Waals surface area contributed by atoms with Crippen molar-refractivity contribution >= 4 is 51.0 Å². The number of nitrogen functional groups attached to an aromatic ring is 1. The molecular weight excluding hydrogens is 571 g/mol. The van der Waals surface area contributed by atoms with Crippen LogP contribution in [0.1, 0.15) is 30.4 Å². The van der Waals surface area contributed by atoms with Gasteiger partial charge in [-0.2, -0.15) is 13.2 Å². The predicted octanol–water partition coefficient (Wildman–Crippen LogP) is 6.74. The first-order valence-corrected chi connectivity index (χ1v) is 13.9. The third kappa shape index (κ3) is 5.30. The molecule has 9 nitrogen and oxygen atoms in total. The SMILES string of the molecule is CC(=O)N1CCC=C(c2cnc(N)c3c(-c4ccc(NC(=O)Nc5cccc(C(F)(F)F)c5)c5ccccc45)nc(C)n23)C1. The van der Waals surface area contributed by atoms with Gasteiger partial charge in [0.2, 0.25) is 5.91 Å². The van der Waals surface area contributed by atoms with Crippen LogP contribution in [0.4, 0.5) is 35.2 Å². The number of aryl methyl sites for hydroxylation is 1. The first-order valence-electron chi connectivity index (χ1n) is 13.9. The summed E-state index contributed by atoms with van der Waals surface area (Å²) < 4.78 is 41.3. The number of nitrogens with one attached hydrogen (secondary N) is 2. The van der Waals surface area contributed by atoms with Gasteiger partial charge in [0.1, 0.15) is 22.9 Å². The summed E-state index contributed by atoms with van der Waals surface area (Å²) in [5, 5.41) is 6.70. The molecule has 3 aromatic carbocycles. The van der Waals surface area contributed by atoms with Crippen molar-refractivity contribution in [3.63, 3.8) is 0 Å². The van der Waals surface area contributed by atoms with Crippen LogP contribution in [0.25, 0.3) is 33.1 Å². The van der Waals surface area contributed by atoms with Gasteiger partial charge in [0.25, 0.3) is 0 Å². The summed E-state index contributed by atoms with van der Waals surface area (Å²) in [6.07, 6.45) is -0.00449. The predicted molar refractivity (Wildman–Crippen MR) is 164 cm³/mol. The number of amides is 3. The molecule has 12 heteroatoms. The molecular formula is C32H28F3N7O2. The van der Waals surface area contributed by atoms with E-state index in [1.54, 1.807) is 24.1 Å². The summed E-state index contributed by atoms with van der Waals surface area (Å²) in [5.74, 6) is 0.976. The van der Waals surface area contributed by atoms with Crippen LogP contribution in [-0.2, 0) is 11.0 Å². The van der Waals surface area contributed by atoms with Crippen molar-refractivity contribution in [2.24, 2.45) is 0 Å². The largest absolute Gasteiger partial charge is 0.416 e. The Balaban J connectivity index is 1.38. The van der Waals surface area contributed by atoms with Crippen LogP contribution < -0.4 is 16.4 Å². The number of carbonyl (C=O) groups is 2. The van der Waals surface area contributed by atoms with Crippen LogP contribution >= 0.6 is 0 Å². The van der Waals surface area contributed by atoms with E-state index in [1.807, 2.05) is 41.7 Å². The summed E-state index contributed by atoms with van der Waals surface area (Å²) in [6, 6.07) is 14.7. The van der Waals surface area contributed by atoms with Crippen LogP contribution in [0.5, 0.6) is 0 Å². The zero-order valence-electron chi connectivity index (χ0n) is 23.9. The number of hydrogen-bond acceptors (Lipinski definition) is 5. The zero-order chi connectivity index (χ0) is 31.2. The molecule has 0 fully saturated rings. The van der Waals surface area contributed by atoms with Crippen molar-refractivity contribution < 1.29 is 22.8 Å². The molecule has 0 aliphatic carbocycles. The maximum atomic E-state index is 13.1. The van der Waals surface area contributed by atoms with Crippen LogP contribution in [0.15, 0.2) is 72.9 Å². The summed E-state index contributed by atoms with van der Waals surface area (Å²) in [7, 11) is 0. The molecule has 3 heterocycles. The van der Waals surface area contributed by atoms with Crippen molar-refractivity contribution in [1.82, 2.24) is 19.3 Å². The van der Waals surface area contributed by atoms with E-state index in [2.05, 4.69) is 21.7 Å². The summed E-state index contributed by atoms with van der Waals surface area (Å²) in [6.45, 7) is 4.54. The highest BCUT2D eigenvalue weighted by Gasteiger charge is 2.30. The van der Waals surface area contributed by atoms with Gasteiger partial charge >= 0.3 is 12.2 Å². The van der Waals surface area contributed by atoms with Crippen molar-refractivity contribution in [2.75, 3.05) is 29.5 Å². The number of aromatic nitrogens is 3. The fourth-order valence-electron chi connectivity index (χ4n) is 5.60. The number of nitrogens with two attached hydrogens (primary N) is 1. The number of hydrogen-bond donors (Lipinski definition) is 3. The van der Waals surface area contributed by atoms with E-state index in [9.17, 15) is 22.8 Å². The number of benzene rings is 3. The number of rotatable bonds is 4. The third-order valence-corrected chi connectivity index (χ3v) is 7.66. The molecule has 0 radical (unpaired) electrons. The molecule has 5 aromatic rings. The van der Waals surface area contributed by atoms with Gasteiger partial charge in [0.15, 0.2) is 0 Å². The lowest BCUT2D eigenvalue weighted by atomic mass is 10.00. The van der Waals surface area contributed by atoms with Gasteiger partial charge in [0, 0.05) is 36.7 Å². The number of halogens is 3.